The van der Waals surface area contributed by atoms with E-state index in [1.807, 2.05) is 42.5 Å². The number of nitrogens with one attached hydrogen (secondary N) is 1. The summed E-state index contributed by atoms with van der Waals surface area (Å²) in [7, 11) is 0. The number of carbonyl (C=O) groups is 1. The second kappa shape index (κ2) is 6.34. The van der Waals surface area contributed by atoms with Gasteiger partial charge in [0.05, 0.1) is 12.1 Å². The lowest BCUT2D eigenvalue weighted by atomic mass is 9.88. The Morgan fingerprint density at radius 3 is 2.50 bits per heavy atom. The average molecular weight is 360 g/mol. The number of carbonyl (C=O) groups excluding carboxylic acids is 1. The molecular formula is C20H19F3N2O. The first kappa shape index (κ1) is 16.9. The van der Waals surface area contributed by atoms with Crippen LogP contribution < -0.4 is 10.2 Å². The number of nitrogens with zero attached hydrogens (tertiary/aromatic N) is 1. The fraction of sp³-hybridized carbons (Fsp3) is 0.350. The number of rotatable bonds is 1. The first-order valence-electron chi connectivity index (χ1n) is 8.75. The SMILES string of the molecule is O=C(N[C@@H]1CCCN2c3ccccc3Cc3ccccc3[C@@H]12)C(F)(F)F. The van der Waals surface area contributed by atoms with Gasteiger partial charge in [-0.15, -0.1) is 0 Å². The molecule has 2 aromatic rings. The fourth-order valence-electron chi connectivity index (χ4n) is 4.18. The van der Waals surface area contributed by atoms with Gasteiger partial charge < -0.3 is 10.2 Å². The van der Waals surface area contributed by atoms with Crippen LogP contribution in [0.2, 0.25) is 0 Å². The highest BCUT2D eigenvalue weighted by molar-refractivity contribution is 5.82. The van der Waals surface area contributed by atoms with Crippen LogP contribution in [0.25, 0.3) is 0 Å². The van der Waals surface area contributed by atoms with E-state index in [1.165, 1.54) is 0 Å². The lowest BCUT2D eigenvalue weighted by Gasteiger charge is -2.43. The van der Waals surface area contributed by atoms with E-state index < -0.39 is 18.1 Å². The van der Waals surface area contributed by atoms with E-state index in [0.29, 0.717) is 6.42 Å². The molecule has 4 rings (SSSR count). The molecule has 0 unspecified atom stereocenters. The lowest BCUT2D eigenvalue weighted by molar-refractivity contribution is -0.174. The van der Waals surface area contributed by atoms with E-state index in [9.17, 15) is 18.0 Å². The molecule has 2 aromatic carbocycles. The Labute approximate surface area is 149 Å². The van der Waals surface area contributed by atoms with Crippen molar-refractivity contribution in [2.45, 2.75) is 37.5 Å². The summed E-state index contributed by atoms with van der Waals surface area (Å²) in [5.41, 5.74) is 4.29. The van der Waals surface area contributed by atoms with E-state index in [4.69, 9.17) is 0 Å². The molecule has 6 heteroatoms. The van der Waals surface area contributed by atoms with Crippen molar-refractivity contribution in [3.05, 3.63) is 65.2 Å². The predicted molar refractivity (Wildman–Crippen MR) is 93.0 cm³/mol. The molecule has 1 N–H and O–H groups in total. The molecule has 0 bridgehead atoms. The molecule has 0 spiro atoms. The molecule has 0 radical (unpaired) electrons. The van der Waals surface area contributed by atoms with Gasteiger partial charge in [-0.2, -0.15) is 13.2 Å². The predicted octanol–water partition coefficient (Wildman–Crippen LogP) is 3.98. The first-order valence-corrected chi connectivity index (χ1v) is 8.75. The third-order valence-electron chi connectivity index (χ3n) is 5.26. The molecule has 2 aliphatic heterocycles. The summed E-state index contributed by atoms with van der Waals surface area (Å²) >= 11 is 0. The summed E-state index contributed by atoms with van der Waals surface area (Å²) in [6, 6.07) is 15.0. The summed E-state index contributed by atoms with van der Waals surface area (Å²) < 4.78 is 38.5. The van der Waals surface area contributed by atoms with E-state index in [-0.39, 0.29) is 6.04 Å². The smallest absolute Gasteiger partial charge is 0.362 e. The van der Waals surface area contributed by atoms with Gasteiger partial charge in [0.1, 0.15) is 0 Å². The highest BCUT2D eigenvalue weighted by Gasteiger charge is 2.43. The van der Waals surface area contributed by atoms with Crippen molar-refractivity contribution in [3.8, 4) is 0 Å². The molecule has 2 heterocycles. The van der Waals surface area contributed by atoms with Gasteiger partial charge in [-0.05, 0) is 42.0 Å². The van der Waals surface area contributed by atoms with E-state index >= 15 is 0 Å². The zero-order valence-electron chi connectivity index (χ0n) is 14.1. The number of anilines is 1. The fourth-order valence-corrected chi connectivity index (χ4v) is 4.18. The van der Waals surface area contributed by atoms with Crippen LogP contribution in [0.3, 0.4) is 0 Å². The van der Waals surface area contributed by atoms with Gasteiger partial charge in [-0.3, -0.25) is 4.79 Å². The van der Waals surface area contributed by atoms with Crippen LogP contribution >= 0.6 is 0 Å². The molecule has 0 aromatic heterocycles. The molecule has 0 saturated carbocycles. The Bertz CT molecular complexity index is 834. The Morgan fingerprint density at radius 1 is 1.04 bits per heavy atom. The van der Waals surface area contributed by atoms with Crippen LogP contribution in [0.5, 0.6) is 0 Å². The number of amides is 1. The number of piperidine rings is 1. The van der Waals surface area contributed by atoms with Crippen molar-refractivity contribution in [3.63, 3.8) is 0 Å². The summed E-state index contributed by atoms with van der Waals surface area (Å²) in [6.45, 7) is 0.758. The number of fused-ring (bicyclic) bond motifs is 5. The molecule has 26 heavy (non-hydrogen) atoms. The molecule has 2 aliphatic rings. The first-order chi connectivity index (χ1) is 12.4. The van der Waals surface area contributed by atoms with Gasteiger partial charge >= 0.3 is 12.1 Å². The topological polar surface area (TPSA) is 32.3 Å². The monoisotopic (exact) mass is 360 g/mol. The molecule has 1 fully saturated rings. The normalized spacial score (nSPS) is 21.9. The molecule has 136 valence electrons. The molecular weight excluding hydrogens is 341 g/mol. The van der Waals surface area contributed by atoms with Crippen LogP contribution in [0, 0.1) is 0 Å². The third kappa shape index (κ3) is 2.93. The Balaban J connectivity index is 1.79. The second-order valence-electron chi connectivity index (χ2n) is 6.86. The largest absolute Gasteiger partial charge is 0.471 e. The summed E-state index contributed by atoms with van der Waals surface area (Å²) in [6.07, 6.45) is -2.88. The van der Waals surface area contributed by atoms with Crippen LogP contribution in [0.1, 0.15) is 35.6 Å². The maximum Gasteiger partial charge on any atom is 0.471 e. The van der Waals surface area contributed by atoms with Crippen molar-refractivity contribution >= 4 is 11.6 Å². The zero-order valence-corrected chi connectivity index (χ0v) is 14.1. The van der Waals surface area contributed by atoms with Crippen LogP contribution in [0.15, 0.2) is 48.5 Å². The highest BCUT2D eigenvalue weighted by Crippen LogP contribution is 2.42. The zero-order chi connectivity index (χ0) is 18.3. The van der Waals surface area contributed by atoms with Crippen molar-refractivity contribution < 1.29 is 18.0 Å². The summed E-state index contributed by atoms with van der Waals surface area (Å²) in [5, 5.41) is 2.25. The number of hydrogen-bond acceptors (Lipinski definition) is 2. The third-order valence-corrected chi connectivity index (χ3v) is 5.26. The second-order valence-corrected chi connectivity index (χ2v) is 6.86. The van der Waals surface area contributed by atoms with Crippen LogP contribution in [-0.2, 0) is 11.2 Å². The maximum absolute atomic E-state index is 12.8. The Kier molecular flexibility index (Phi) is 4.13. The van der Waals surface area contributed by atoms with Crippen molar-refractivity contribution in [1.29, 1.82) is 0 Å². The minimum Gasteiger partial charge on any atom is -0.362 e. The highest BCUT2D eigenvalue weighted by atomic mass is 19.4. The van der Waals surface area contributed by atoms with Crippen molar-refractivity contribution in [2.75, 3.05) is 11.4 Å². The van der Waals surface area contributed by atoms with Crippen LogP contribution in [-0.4, -0.2) is 24.7 Å². The number of halogens is 3. The van der Waals surface area contributed by atoms with E-state index in [1.54, 1.807) is 0 Å². The van der Waals surface area contributed by atoms with Gasteiger partial charge in [0, 0.05) is 12.2 Å². The average Bonchev–Trinajstić information content (AvgIpc) is 2.76. The molecule has 2 atom stereocenters. The molecule has 3 nitrogen and oxygen atoms in total. The molecule has 0 aliphatic carbocycles. The molecule has 1 amide bonds. The number of para-hydroxylation sites is 1. The Morgan fingerprint density at radius 2 is 1.73 bits per heavy atom. The number of hydrogen-bond donors (Lipinski definition) is 1. The summed E-state index contributed by atoms with van der Waals surface area (Å²) in [5.74, 6) is -1.86. The quantitative estimate of drug-likeness (QED) is 0.834. The maximum atomic E-state index is 12.8. The number of alkyl halides is 3. The Hall–Kier alpha value is -2.50. The van der Waals surface area contributed by atoms with Gasteiger partial charge in [0.2, 0.25) is 0 Å². The van der Waals surface area contributed by atoms with Crippen molar-refractivity contribution in [2.24, 2.45) is 0 Å². The van der Waals surface area contributed by atoms with Gasteiger partial charge in [0.25, 0.3) is 0 Å². The minimum atomic E-state index is -4.87. The number of benzene rings is 2. The standard InChI is InChI=1S/C20H19F3N2O/c21-20(22,23)19(26)24-16-9-5-11-25-17-10-4-2-7-14(17)12-13-6-1-3-8-15(13)18(16)25/h1-4,6-8,10,16,18H,5,9,11-12H2,(H,24,26)/t16-,18+/m1/s1. The van der Waals surface area contributed by atoms with Gasteiger partial charge in [-0.25, -0.2) is 0 Å². The lowest BCUT2D eigenvalue weighted by Crippen LogP contribution is -2.53. The molecule has 1 saturated heterocycles. The van der Waals surface area contributed by atoms with Gasteiger partial charge in [-0.1, -0.05) is 42.5 Å². The van der Waals surface area contributed by atoms with Crippen molar-refractivity contribution in [1.82, 2.24) is 5.32 Å². The summed E-state index contributed by atoms with van der Waals surface area (Å²) in [4.78, 5) is 13.8. The van der Waals surface area contributed by atoms with E-state index in [2.05, 4.69) is 16.3 Å². The minimum absolute atomic E-state index is 0.296. The van der Waals surface area contributed by atoms with Gasteiger partial charge in [0.15, 0.2) is 0 Å². The van der Waals surface area contributed by atoms with E-state index in [0.717, 1.165) is 41.8 Å². The van der Waals surface area contributed by atoms with Crippen LogP contribution in [0.4, 0.5) is 18.9 Å².